The lowest BCUT2D eigenvalue weighted by atomic mass is 10.9. The van der Waals surface area contributed by atoms with E-state index in [4.69, 9.17) is 11.7 Å². The van der Waals surface area contributed by atoms with Gasteiger partial charge in [-0.2, -0.15) is 0 Å². The van der Waals surface area contributed by atoms with Crippen molar-refractivity contribution in [1.82, 2.24) is 0 Å². The molecule has 0 aliphatic rings. The summed E-state index contributed by atoms with van der Waals surface area (Å²) in [5.41, 5.74) is 0. The normalized spacial score (nSPS) is 13.1. The molecule has 0 radical (unpaired) electrons. The highest BCUT2D eigenvalue weighted by Gasteiger charge is 2.00. The van der Waals surface area contributed by atoms with Gasteiger partial charge in [-0.05, 0) is 6.92 Å². The summed E-state index contributed by atoms with van der Waals surface area (Å²) in [5.74, 6) is 10.3. The number of nitrogens with two attached hydrogens (primary N) is 2. The molecule has 7 heavy (non-hydrogen) atoms. The van der Waals surface area contributed by atoms with Crippen molar-refractivity contribution < 1.29 is 4.81 Å². The minimum absolute atomic E-state index is 0.337. The molecule has 4 heteroatoms. The van der Waals surface area contributed by atoms with Gasteiger partial charge >= 0.3 is 0 Å². The molecule has 0 rings (SSSR count). The van der Waals surface area contributed by atoms with E-state index in [1.807, 2.05) is 0 Å². The van der Waals surface area contributed by atoms with Crippen LogP contribution in [0.2, 0.25) is 0 Å². The summed E-state index contributed by atoms with van der Waals surface area (Å²) in [6.45, 7) is 1.76. The van der Waals surface area contributed by atoms with Gasteiger partial charge < -0.3 is 0 Å². The quantitative estimate of drug-likeness (QED) is 0.197. The minimum Gasteiger partial charge on any atom is -0.134 e. The Morgan fingerprint density at radius 1 is 1.57 bits per heavy atom. The van der Waals surface area contributed by atoms with Crippen LogP contribution in [0.3, 0.4) is 0 Å². The van der Waals surface area contributed by atoms with Crippen molar-refractivity contribution in [2.75, 3.05) is 7.05 Å². The summed E-state index contributed by atoms with van der Waals surface area (Å²) < 4.78 is 0. The van der Waals surface area contributed by atoms with Crippen molar-refractivity contribution in [3.63, 3.8) is 0 Å². The molecule has 0 heterocycles. The van der Waals surface area contributed by atoms with Gasteiger partial charge in [-0.3, -0.25) is 0 Å². The van der Waals surface area contributed by atoms with E-state index in [1.54, 1.807) is 20.2 Å². The molecule has 4 nitrogen and oxygen atoms in total. The standard InChI is InChI=1S/C3H11N4/c1-3-6-7(2,4)5/h3H,4-5H2,1-2H3/q+1/b6-3-. The second-order valence-corrected chi connectivity index (χ2v) is 1.47. The highest BCUT2D eigenvalue weighted by molar-refractivity contribution is 5.51. The molecule has 0 aliphatic carbocycles. The molecule has 0 unspecified atom stereocenters. The second-order valence-electron chi connectivity index (χ2n) is 1.47. The summed E-state index contributed by atoms with van der Waals surface area (Å²) in [5, 5.41) is 3.62. The molecule has 0 atom stereocenters. The number of nitrogens with zero attached hydrogens (tertiary/aromatic N) is 2. The monoisotopic (exact) mass is 103 g/mol. The number of hydrogen-bond donors (Lipinski definition) is 2. The molecule has 0 spiro atoms. The SMILES string of the molecule is C/C=N\[N+](C)(N)N. The summed E-state index contributed by atoms with van der Waals surface area (Å²) >= 11 is 0. The van der Waals surface area contributed by atoms with E-state index in [2.05, 4.69) is 5.10 Å². The maximum absolute atomic E-state index is 5.16. The van der Waals surface area contributed by atoms with Crippen LogP contribution in [0, 0.1) is 0 Å². The van der Waals surface area contributed by atoms with Gasteiger partial charge in [0.25, 0.3) is 0 Å². The van der Waals surface area contributed by atoms with E-state index in [0.717, 1.165) is 0 Å². The molecule has 0 aromatic rings. The Hall–Kier alpha value is -0.450. The predicted octanol–water partition coefficient (Wildman–Crippen LogP) is -0.814. The van der Waals surface area contributed by atoms with Crippen molar-refractivity contribution in [1.29, 1.82) is 0 Å². The van der Waals surface area contributed by atoms with Gasteiger partial charge in [-0.1, -0.05) is 9.91 Å². The van der Waals surface area contributed by atoms with E-state index < -0.39 is 0 Å². The molecule has 4 N–H and O–H groups in total. The molecular weight excluding hydrogens is 92.1 g/mol. The number of hydrogen-bond acceptors (Lipinski definition) is 3. The number of quaternary nitrogens is 1. The first-order valence-corrected chi connectivity index (χ1v) is 2.00. The smallest absolute Gasteiger partial charge is 0.132 e. The first kappa shape index (κ1) is 6.55. The van der Waals surface area contributed by atoms with Crippen molar-refractivity contribution in [3.05, 3.63) is 0 Å². The van der Waals surface area contributed by atoms with Gasteiger partial charge in [0.15, 0.2) is 0 Å². The van der Waals surface area contributed by atoms with Crippen molar-refractivity contribution in [2.45, 2.75) is 6.92 Å². The van der Waals surface area contributed by atoms with E-state index in [9.17, 15) is 0 Å². The van der Waals surface area contributed by atoms with Crippen LogP contribution in [0.5, 0.6) is 0 Å². The van der Waals surface area contributed by atoms with Gasteiger partial charge in [0.2, 0.25) is 0 Å². The van der Waals surface area contributed by atoms with Gasteiger partial charge in [0, 0.05) is 0 Å². The molecule has 0 amide bonds. The fraction of sp³-hybridized carbons (Fsp3) is 0.667. The first-order valence-electron chi connectivity index (χ1n) is 2.00. The average molecular weight is 103 g/mol. The fourth-order valence-electron chi connectivity index (χ4n) is 0.249. The van der Waals surface area contributed by atoms with Gasteiger partial charge in [0.1, 0.15) is 7.05 Å². The fourth-order valence-corrected chi connectivity index (χ4v) is 0.249. The van der Waals surface area contributed by atoms with Crippen LogP contribution >= 0.6 is 0 Å². The average Bonchev–Trinajstić information content (AvgIpc) is 1.30. The van der Waals surface area contributed by atoms with E-state index in [-0.39, 0.29) is 4.81 Å². The third-order valence-electron chi connectivity index (χ3n) is 0.364. The summed E-state index contributed by atoms with van der Waals surface area (Å²) in [7, 11) is 1.57. The Bertz CT molecular complexity index is 69.5. The molecule has 42 valence electrons. The molecular formula is C3H11N4+. The maximum atomic E-state index is 5.16. The predicted molar refractivity (Wildman–Crippen MR) is 28.7 cm³/mol. The zero-order valence-corrected chi connectivity index (χ0v) is 4.63. The van der Waals surface area contributed by atoms with Gasteiger partial charge in [0.05, 0.1) is 6.21 Å². The zero-order chi connectivity index (χ0) is 5.91. The van der Waals surface area contributed by atoms with Crippen LogP contribution < -0.4 is 11.7 Å². The molecule has 0 fully saturated rings. The third kappa shape index (κ3) is 5.55. The van der Waals surface area contributed by atoms with Crippen molar-refractivity contribution in [3.8, 4) is 0 Å². The van der Waals surface area contributed by atoms with E-state index >= 15 is 0 Å². The number of rotatable bonds is 1. The van der Waals surface area contributed by atoms with Crippen LogP contribution in [0.1, 0.15) is 6.92 Å². The highest BCUT2D eigenvalue weighted by Crippen LogP contribution is 1.74. The Kier molecular flexibility index (Phi) is 1.89. The molecule has 0 bridgehead atoms. The van der Waals surface area contributed by atoms with Crippen LogP contribution in [-0.4, -0.2) is 18.1 Å². The summed E-state index contributed by atoms with van der Waals surface area (Å²) in [6, 6.07) is 0. The van der Waals surface area contributed by atoms with Crippen LogP contribution in [0.25, 0.3) is 0 Å². The maximum Gasteiger partial charge on any atom is 0.132 e. The zero-order valence-electron chi connectivity index (χ0n) is 4.63. The Labute approximate surface area is 42.9 Å². The molecule has 0 aromatic carbocycles. The first-order chi connectivity index (χ1) is 3.06. The topological polar surface area (TPSA) is 64.4 Å². The largest absolute Gasteiger partial charge is 0.134 e. The Morgan fingerprint density at radius 3 is 2.00 bits per heavy atom. The lowest BCUT2D eigenvalue weighted by Crippen LogP contribution is -2.52. The van der Waals surface area contributed by atoms with Gasteiger partial charge in [-0.15, -0.1) is 11.7 Å². The molecule has 0 aromatic heterocycles. The van der Waals surface area contributed by atoms with Crippen LogP contribution in [0.15, 0.2) is 5.10 Å². The summed E-state index contributed by atoms with van der Waals surface area (Å²) in [6.07, 6.45) is 1.56. The van der Waals surface area contributed by atoms with Crippen molar-refractivity contribution >= 4 is 6.21 Å². The van der Waals surface area contributed by atoms with Crippen LogP contribution in [-0.2, 0) is 0 Å². The lowest BCUT2D eigenvalue weighted by molar-refractivity contribution is -0.939. The molecule has 0 aliphatic heterocycles. The molecule has 0 saturated heterocycles. The van der Waals surface area contributed by atoms with E-state index in [1.165, 1.54) is 0 Å². The van der Waals surface area contributed by atoms with Crippen molar-refractivity contribution in [2.24, 2.45) is 16.8 Å². The minimum atomic E-state index is -0.337. The second kappa shape index (κ2) is 2.02. The summed E-state index contributed by atoms with van der Waals surface area (Å²) in [4.78, 5) is -0.337. The Balaban J connectivity index is 3.56. The highest BCUT2D eigenvalue weighted by atomic mass is 15.9. The van der Waals surface area contributed by atoms with Crippen LogP contribution in [0.4, 0.5) is 0 Å². The molecule has 0 saturated carbocycles. The lowest BCUT2D eigenvalue weighted by Gasteiger charge is -2.10. The Morgan fingerprint density at radius 2 is 2.00 bits per heavy atom. The third-order valence-corrected chi connectivity index (χ3v) is 0.364. The van der Waals surface area contributed by atoms with E-state index in [0.29, 0.717) is 0 Å². The van der Waals surface area contributed by atoms with Gasteiger partial charge in [-0.25, -0.2) is 0 Å².